The highest BCUT2D eigenvalue weighted by Crippen LogP contribution is 2.33. The second-order valence-corrected chi connectivity index (χ2v) is 4.22. The monoisotopic (exact) mass is 213 g/mol. The summed E-state index contributed by atoms with van der Waals surface area (Å²) in [5.74, 6) is 0. The summed E-state index contributed by atoms with van der Waals surface area (Å²) in [6.07, 6.45) is 2.22. The van der Waals surface area contributed by atoms with E-state index in [9.17, 15) is 0 Å². The lowest BCUT2D eigenvalue weighted by atomic mass is 9.89. The quantitative estimate of drug-likeness (QED) is 0.800. The minimum absolute atomic E-state index is 0.866. The molecule has 82 valence electrons. The summed E-state index contributed by atoms with van der Waals surface area (Å²) in [6, 6.07) is 8.55. The maximum Gasteiger partial charge on any atom is 0.0958 e. The number of hydrogen-bond donors (Lipinski definition) is 2. The molecule has 0 radical (unpaired) electrons. The predicted octanol–water partition coefficient (Wildman–Crippen LogP) is 1.89. The van der Waals surface area contributed by atoms with Gasteiger partial charge in [0.1, 0.15) is 0 Å². The molecule has 0 aliphatic heterocycles. The summed E-state index contributed by atoms with van der Waals surface area (Å²) in [7, 11) is 1.96. The molecule has 1 aliphatic carbocycles. The summed E-state index contributed by atoms with van der Waals surface area (Å²) < 4.78 is 0. The molecule has 0 bridgehead atoms. The number of aromatic amines is 1. The van der Waals surface area contributed by atoms with E-state index in [1.165, 1.54) is 22.4 Å². The summed E-state index contributed by atoms with van der Waals surface area (Å²) >= 11 is 0. The van der Waals surface area contributed by atoms with Crippen molar-refractivity contribution in [1.82, 2.24) is 15.5 Å². The first-order valence-corrected chi connectivity index (χ1v) is 5.69. The molecule has 3 rings (SSSR count). The summed E-state index contributed by atoms with van der Waals surface area (Å²) in [5.41, 5.74) is 6.46. The van der Waals surface area contributed by atoms with Crippen LogP contribution in [-0.4, -0.2) is 17.2 Å². The van der Waals surface area contributed by atoms with Gasteiger partial charge in [0.05, 0.1) is 11.4 Å². The summed E-state index contributed by atoms with van der Waals surface area (Å²) in [6.45, 7) is 0.866. The van der Waals surface area contributed by atoms with Crippen molar-refractivity contribution in [2.75, 3.05) is 7.05 Å². The zero-order valence-electron chi connectivity index (χ0n) is 9.38. The van der Waals surface area contributed by atoms with E-state index < -0.39 is 0 Å². The molecule has 1 aromatic carbocycles. The normalized spacial score (nSPS) is 13.3. The van der Waals surface area contributed by atoms with E-state index in [2.05, 4.69) is 39.8 Å². The molecule has 1 aliphatic rings. The lowest BCUT2D eigenvalue weighted by Gasteiger charge is -2.15. The van der Waals surface area contributed by atoms with Gasteiger partial charge in [0.2, 0.25) is 0 Å². The number of hydrogen-bond acceptors (Lipinski definition) is 2. The standard InChI is InChI=1S/C13H15N3/c1-14-8-12-11-7-6-9-4-2-3-5-10(9)13(11)16-15-12/h2-5,14H,6-8H2,1H3,(H,15,16). The average molecular weight is 213 g/mol. The summed E-state index contributed by atoms with van der Waals surface area (Å²) in [4.78, 5) is 0. The van der Waals surface area contributed by atoms with E-state index >= 15 is 0 Å². The minimum Gasteiger partial charge on any atom is -0.314 e. The van der Waals surface area contributed by atoms with Gasteiger partial charge in [0, 0.05) is 17.7 Å². The molecule has 0 saturated carbocycles. The molecule has 0 unspecified atom stereocenters. The maximum absolute atomic E-state index is 4.45. The highest BCUT2D eigenvalue weighted by Gasteiger charge is 2.20. The number of benzene rings is 1. The first-order valence-electron chi connectivity index (χ1n) is 5.69. The van der Waals surface area contributed by atoms with Gasteiger partial charge in [-0.3, -0.25) is 5.10 Å². The molecule has 3 nitrogen and oxygen atoms in total. The van der Waals surface area contributed by atoms with Crippen LogP contribution >= 0.6 is 0 Å². The molecule has 16 heavy (non-hydrogen) atoms. The van der Waals surface area contributed by atoms with Crippen LogP contribution in [0.25, 0.3) is 11.3 Å². The van der Waals surface area contributed by atoms with Crippen LogP contribution in [0, 0.1) is 0 Å². The molecule has 0 fully saturated rings. The van der Waals surface area contributed by atoms with Crippen LogP contribution in [0.15, 0.2) is 24.3 Å². The van der Waals surface area contributed by atoms with Gasteiger partial charge in [-0.2, -0.15) is 5.10 Å². The van der Waals surface area contributed by atoms with Crippen molar-refractivity contribution >= 4 is 0 Å². The highest BCUT2D eigenvalue weighted by atomic mass is 15.1. The lowest BCUT2D eigenvalue weighted by Crippen LogP contribution is -2.10. The van der Waals surface area contributed by atoms with Gasteiger partial charge < -0.3 is 5.32 Å². The highest BCUT2D eigenvalue weighted by molar-refractivity contribution is 5.70. The van der Waals surface area contributed by atoms with Crippen molar-refractivity contribution < 1.29 is 0 Å². The largest absolute Gasteiger partial charge is 0.314 e. The minimum atomic E-state index is 0.866. The van der Waals surface area contributed by atoms with E-state index in [1.807, 2.05) is 7.05 Å². The van der Waals surface area contributed by atoms with Crippen molar-refractivity contribution in [3.05, 3.63) is 41.1 Å². The van der Waals surface area contributed by atoms with Gasteiger partial charge in [0.25, 0.3) is 0 Å². The van der Waals surface area contributed by atoms with Crippen LogP contribution in [-0.2, 0) is 19.4 Å². The van der Waals surface area contributed by atoms with Crippen LogP contribution in [0.2, 0.25) is 0 Å². The number of H-pyrrole nitrogens is 1. The average Bonchev–Trinajstić information content (AvgIpc) is 2.73. The molecule has 1 aromatic heterocycles. The second-order valence-electron chi connectivity index (χ2n) is 4.22. The molecule has 3 heteroatoms. The topological polar surface area (TPSA) is 40.7 Å². The Morgan fingerprint density at radius 2 is 2.19 bits per heavy atom. The van der Waals surface area contributed by atoms with Crippen LogP contribution in [0.1, 0.15) is 16.8 Å². The van der Waals surface area contributed by atoms with E-state index in [4.69, 9.17) is 0 Å². The first-order chi connectivity index (χ1) is 7.90. The van der Waals surface area contributed by atoms with E-state index in [-0.39, 0.29) is 0 Å². The Morgan fingerprint density at radius 3 is 3.06 bits per heavy atom. The fraction of sp³-hybridized carbons (Fsp3) is 0.308. The van der Waals surface area contributed by atoms with Crippen molar-refractivity contribution in [2.45, 2.75) is 19.4 Å². The van der Waals surface area contributed by atoms with Crippen LogP contribution in [0.4, 0.5) is 0 Å². The fourth-order valence-corrected chi connectivity index (χ4v) is 2.45. The Hall–Kier alpha value is -1.61. The number of aryl methyl sites for hydroxylation is 1. The van der Waals surface area contributed by atoms with Gasteiger partial charge >= 0.3 is 0 Å². The lowest BCUT2D eigenvalue weighted by molar-refractivity contribution is 0.770. The van der Waals surface area contributed by atoms with Gasteiger partial charge in [0.15, 0.2) is 0 Å². The van der Waals surface area contributed by atoms with Gasteiger partial charge in [-0.15, -0.1) is 0 Å². The number of nitrogens with one attached hydrogen (secondary N) is 2. The van der Waals surface area contributed by atoms with E-state index in [0.717, 1.165) is 25.1 Å². The number of fused-ring (bicyclic) bond motifs is 3. The molecule has 1 heterocycles. The van der Waals surface area contributed by atoms with Crippen molar-refractivity contribution in [2.24, 2.45) is 0 Å². The third kappa shape index (κ3) is 1.36. The third-order valence-electron chi connectivity index (χ3n) is 3.22. The van der Waals surface area contributed by atoms with Gasteiger partial charge in [-0.05, 0) is 25.5 Å². The Morgan fingerprint density at radius 1 is 1.31 bits per heavy atom. The Bertz CT molecular complexity index is 514. The van der Waals surface area contributed by atoms with E-state index in [0.29, 0.717) is 0 Å². The Balaban J connectivity index is 2.12. The first kappa shape index (κ1) is 9.60. The summed E-state index contributed by atoms with van der Waals surface area (Å²) in [5, 5.41) is 10.8. The predicted molar refractivity (Wildman–Crippen MR) is 64.2 cm³/mol. The van der Waals surface area contributed by atoms with Crippen molar-refractivity contribution in [3.63, 3.8) is 0 Å². The molecule has 0 spiro atoms. The van der Waals surface area contributed by atoms with Crippen LogP contribution < -0.4 is 5.32 Å². The Kier molecular flexibility index (Phi) is 2.26. The molecular weight excluding hydrogens is 198 g/mol. The smallest absolute Gasteiger partial charge is 0.0958 e. The maximum atomic E-state index is 4.45. The third-order valence-corrected chi connectivity index (χ3v) is 3.22. The van der Waals surface area contributed by atoms with Gasteiger partial charge in [-0.25, -0.2) is 0 Å². The second kappa shape index (κ2) is 3.76. The molecule has 2 aromatic rings. The van der Waals surface area contributed by atoms with Crippen LogP contribution in [0.3, 0.4) is 0 Å². The SMILES string of the molecule is CNCc1[nH]nc2c1CCc1ccccc1-2. The number of nitrogens with zero attached hydrogens (tertiary/aromatic N) is 1. The molecule has 0 atom stereocenters. The molecule has 0 saturated heterocycles. The zero-order chi connectivity index (χ0) is 11.0. The molecule has 0 amide bonds. The fourth-order valence-electron chi connectivity index (χ4n) is 2.45. The van der Waals surface area contributed by atoms with Gasteiger partial charge in [-0.1, -0.05) is 24.3 Å². The Labute approximate surface area is 94.9 Å². The van der Waals surface area contributed by atoms with Crippen molar-refractivity contribution in [1.29, 1.82) is 0 Å². The van der Waals surface area contributed by atoms with E-state index in [1.54, 1.807) is 0 Å². The van der Waals surface area contributed by atoms with Crippen molar-refractivity contribution in [3.8, 4) is 11.3 Å². The number of aromatic nitrogens is 2. The number of rotatable bonds is 2. The molecular formula is C13H15N3. The molecule has 2 N–H and O–H groups in total. The zero-order valence-corrected chi connectivity index (χ0v) is 9.38. The van der Waals surface area contributed by atoms with Crippen LogP contribution in [0.5, 0.6) is 0 Å².